The van der Waals surface area contributed by atoms with Gasteiger partial charge in [-0.05, 0) is 24.6 Å². The van der Waals surface area contributed by atoms with Gasteiger partial charge in [-0.2, -0.15) is 4.98 Å². The summed E-state index contributed by atoms with van der Waals surface area (Å²) in [5.74, 6) is 2.40. The number of nitrogens with two attached hydrogens (primary N) is 1. The van der Waals surface area contributed by atoms with Crippen LogP contribution < -0.4 is 15.2 Å². The van der Waals surface area contributed by atoms with Crippen molar-refractivity contribution in [2.24, 2.45) is 5.73 Å². The molecule has 0 fully saturated rings. The summed E-state index contributed by atoms with van der Waals surface area (Å²) in [4.78, 5) is 4.33. The average Bonchev–Trinajstić information content (AvgIpc) is 3.07. The molecule has 100 valence electrons. The second-order valence-electron chi connectivity index (χ2n) is 4.42. The summed E-state index contributed by atoms with van der Waals surface area (Å²) in [7, 11) is 0. The van der Waals surface area contributed by atoms with Gasteiger partial charge in [-0.15, -0.1) is 0 Å². The summed E-state index contributed by atoms with van der Waals surface area (Å²) in [6, 6.07) is 5.32. The summed E-state index contributed by atoms with van der Waals surface area (Å²) in [5, 5.41) is 3.92. The van der Waals surface area contributed by atoms with Crippen LogP contribution in [-0.4, -0.2) is 16.9 Å². The minimum Gasteiger partial charge on any atom is -0.454 e. The van der Waals surface area contributed by atoms with Gasteiger partial charge in [-0.3, -0.25) is 0 Å². The Hall–Kier alpha value is -2.08. The molecule has 1 unspecified atom stereocenters. The van der Waals surface area contributed by atoms with E-state index in [1.54, 1.807) is 0 Å². The van der Waals surface area contributed by atoms with Gasteiger partial charge >= 0.3 is 0 Å². The summed E-state index contributed by atoms with van der Waals surface area (Å²) in [6.45, 7) is 2.31. The summed E-state index contributed by atoms with van der Waals surface area (Å²) in [5.41, 5.74) is 6.76. The monoisotopic (exact) mass is 261 g/mol. The van der Waals surface area contributed by atoms with Crippen LogP contribution in [0.25, 0.3) is 11.5 Å². The molecule has 2 aromatic rings. The van der Waals surface area contributed by atoms with Gasteiger partial charge < -0.3 is 19.7 Å². The third-order valence-electron chi connectivity index (χ3n) is 2.99. The molecule has 0 bridgehead atoms. The molecule has 2 heterocycles. The van der Waals surface area contributed by atoms with Crippen LogP contribution in [0.3, 0.4) is 0 Å². The molecule has 1 aliphatic heterocycles. The van der Waals surface area contributed by atoms with Crippen LogP contribution in [0.4, 0.5) is 0 Å². The van der Waals surface area contributed by atoms with Crippen molar-refractivity contribution in [2.75, 3.05) is 6.79 Å². The van der Waals surface area contributed by atoms with E-state index < -0.39 is 0 Å². The van der Waals surface area contributed by atoms with Gasteiger partial charge in [-0.25, -0.2) is 0 Å². The molecule has 0 radical (unpaired) electrons. The third kappa shape index (κ3) is 2.26. The van der Waals surface area contributed by atoms with Crippen LogP contribution in [0, 0.1) is 0 Å². The number of hydrogen-bond acceptors (Lipinski definition) is 6. The van der Waals surface area contributed by atoms with Crippen LogP contribution in [-0.2, 0) is 0 Å². The number of nitrogens with zero attached hydrogens (tertiary/aromatic N) is 2. The molecular formula is C13H15N3O3. The van der Waals surface area contributed by atoms with E-state index in [1.807, 2.05) is 18.2 Å². The molecule has 0 saturated carbocycles. The first kappa shape index (κ1) is 12.0. The van der Waals surface area contributed by atoms with Gasteiger partial charge in [0.2, 0.25) is 6.79 Å². The smallest absolute Gasteiger partial charge is 0.258 e. The van der Waals surface area contributed by atoms with Crippen molar-refractivity contribution in [1.82, 2.24) is 10.1 Å². The Morgan fingerprint density at radius 2 is 2.16 bits per heavy atom. The average molecular weight is 261 g/mol. The molecule has 1 aliphatic rings. The highest BCUT2D eigenvalue weighted by Gasteiger charge is 2.18. The van der Waals surface area contributed by atoms with E-state index in [2.05, 4.69) is 17.1 Å². The van der Waals surface area contributed by atoms with Crippen molar-refractivity contribution in [3.63, 3.8) is 0 Å². The van der Waals surface area contributed by atoms with Crippen molar-refractivity contribution >= 4 is 0 Å². The molecule has 0 spiro atoms. The molecule has 1 aromatic heterocycles. The van der Waals surface area contributed by atoms with Gasteiger partial charge in [0.1, 0.15) is 0 Å². The minimum absolute atomic E-state index is 0.184. The summed E-state index contributed by atoms with van der Waals surface area (Å²) < 4.78 is 15.8. The molecule has 3 rings (SSSR count). The van der Waals surface area contributed by atoms with E-state index in [1.165, 1.54) is 0 Å². The maximum Gasteiger partial charge on any atom is 0.258 e. The van der Waals surface area contributed by atoms with Crippen molar-refractivity contribution in [2.45, 2.75) is 25.8 Å². The van der Waals surface area contributed by atoms with E-state index in [0.717, 1.165) is 24.2 Å². The predicted molar refractivity (Wildman–Crippen MR) is 67.7 cm³/mol. The van der Waals surface area contributed by atoms with Crippen molar-refractivity contribution in [3.8, 4) is 23.0 Å². The maximum absolute atomic E-state index is 5.96. The Morgan fingerprint density at radius 3 is 3.00 bits per heavy atom. The lowest BCUT2D eigenvalue weighted by Crippen LogP contribution is -2.11. The van der Waals surface area contributed by atoms with Crippen LogP contribution in [0.5, 0.6) is 11.5 Å². The molecule has 0 saturated heterocycles. The molecule has 2 N–H and O–H groups in total. The molecule has 6 nitrogen and oxygen atoms in total. The second-order valence-corrected chi connectivity index (χ2v) is 4.42. The molecule has 1 atom stereocenters. The van der Waals surface area contributed by atoms with E-state index in [9.17, 15) is 0 Å². The molecule has 6 heteroatoms. The van der Waals surface area contributed by atoms with Gasteiger partial charge in [-0.1, -0.05) is 18.5 Å². The fourth-order valence-electron chi connectivity index (χ4n) is 1.97. The lowest BCUT2D eigenvalue weighted by atomic mass is 10.1. The van der Waals surface area contributed by atoms with Gasteiger partial charge in [0.05, 0.1) is 6.04 Å². The van der Waals surface area contributed by atoms with Crippen molar-refractivity contribution in [1.29, 1.82) is 0 Å². The van der Waals surface area contributed by atoms with Crippen LogP contribution in [0.15, 0.2) is 22.7 Å². The number of fused-ring (bicyclic) bond motifs is 1. The topological polar surface area (TPSA) is 83.4 Å². The Bertz CT molecular complexity index is 582. The minimum atomic E-state index is -0.184. The number of hydrogen-bond donors (Lipinski definition) is 1. The van der Waals surface area contributed by atoms with Gasteiger partial charge in [0.15, 0.2) is 17.3 Å². The van der Waals surface area contributed by atoms with Crippen LogP contribution in [0.2, 0.25) is 0 Å². The SMILES string of the molecule is CCCC(N)c1noc(-c2ccc3c(c2)OCO3)n1. The molecule has 0 amide bonds. The molecular weight excluding hydrogens is 246 g/mol. The van der Waals surface area contributed by atoms with Crippen LogP contribution >= 0.6 is 0 Å². The maximum atomic E-state index is 5.96. The predicted octanol–water partition coefficient (Wildman–Crippen LogP) is 2.27. The zero-order valence-corrected chi connectivity index (χ0v) is 10.6. The van der Waals surface area contributed by atoms with Crippen LogP contribution in [0.1, 0.15) is 31.6 Å². The second kappa shape index (κ2) is 4.89. The summed E-state index contributed by atoms with van der Waals surface area (Å²) >= 11 is 0. The zero-order chi connectivity index (χ0) is 13.2. The Labute approximate surface area is 110 Å². The number of benzene rings is 1. The van der Waals surface area contributed by atoms with E-state index in [4.69, 9.17) is 19.7 Å². The third-order valence-corrected chi connectivity index (χ3v) is 2.99. The highest BCUT2D eigenvalue weighted by atomic mass is 16.7. The van der Waals surface area contributed by atoms with Gasteiger partial charge in [0.25, 0.3) is 5.89 Å². The number of rotatable bonds is 4. The van der Waals surface area contributed by atoms with E-state index in [0.29, 0.717) is 17.5 Å². The summed E-state index contributed by atoms with van der Waals surface area (Å²) in [6.07, 6.45) is 1.81. The zero-order valence-electron chi connectivity index (χ0n) is 10.6. The number of aromatic nitrogens is 2. The molecule has 0 aliphatic carbocycles. The Kier molecular flexibility index (Phi) is 3.08. The lowest BCUT2D eigenvalue weighted by Gasteiger charge is -2.02. The van der Waals surface area contributed by atoms with E-state index in [-0.39, 0.29) is 12.8 Å². The van der Waals surface area contributed by atoms with Crippen molar-refractivity contribution < 1.29 is 14.0 Å². The first-order chi connectivity index (χ1) is 9.28. The highest BCUT2D eigenvalue weighted by Crippen LogP contribution is 2.35. The first-order valence-corrected chi connectivity index (χ1v) is 6.27. The normalized spacial score (nSPS) is 14.6. The van der Waals surface area contributed by atoms with Crippen molar-refractivity contribution in [3.05, 3.63) is 24.0 Å². The van der Waals surface area contributed by atoms with Gasteiger partial charge in [0, 0.05) is 5.56 Å². The molecule has 19 heavy (non-hydrogen) atoms. The van der Waals surface area contributed by atoms with E-state index >= 15 is 0 Å². The largest absolute Gasteiger partial charge is 0.454 e. The standard InChI is InChI=1S/C13H15N3O3/c1-2-3-9(14)12-15-13(19-16-12)8-4-5-10-11(6-8)18-7-17-10/h4-6,9H,2-3,7,14H2,1H3. The Morgan fingerprint density at radius 1 is 1.32 bits per heavy atom. The fraction of sp³-hybridized carbons (Fsp3) is 0.385. The molecule has 1 aromatic carbocycles. The fourth-order valence-corrected chi connectivity index (χ4v) is 1.97. The highest BCUT2D eigenvalue weighted by molar-refractivity contribution is 5.60. The first-order valence-electron chi connectivity index (χ1n) is 6.27. The lowest BCUT2D eigenvalue weighted by molar-refractivity contribution is 0.174. The number of ether oxygens (including phenoxy) is 2. The quantitative estimate of drug-likeness (QED) is 0.908. The Balaban J connectivity index is 1.86.